The number of nitrogens with zero attached hydrogens (tertiary/aromatic N) is 5. The molecule has 1 aliphatic rings. The summed E-state index contributed by atoms with van der Waals surface area (Å²) in [6.45, 7) is 4.12. The number of carbonyl (C=O) groups excluding carboxylic acids is 1. The Balaban J connectivity index is 1.63. The first-order valence-electron chi connectivity index (χ1n) is 8.51. The van der Waals surface area contributed by atoms with Crippen molar-refractivity contribution < 1.29 is 9.53 Å². The monoisotopic (exact) mass is 387 g/mol. The normalized spacial score (nSPS) is 14.3. The highest BCUT2D eigenvalue weighted by atomic mass is 35.5. The smallest absolute Gasteiger partial charge is 0.358 e. The second kappa shape index (κ2) is 6.79. The van der Waals surface area contributed by atoms with Crippen LogP contribution in [0.3, 0.4) is 0 Å². The molecule has 0 unspecified atom stereocenters. The summed E-state index contributed by atoms with van der Waals surface area (Å²) in [6, 6.07) is 5.42. The fourth-order valence-corrected chi connectivity index (χ4v) is 3.55. The van der Waals surface area contributed by atoms with E-state index in [0.29, 0.717) is 37.4 Å². The van der Waals surface area contributed by atoms with Crippen LogP contribution in [0, 0.1) is 6.92 Å². The van der Waals surface area contributed by atoms with Crippen LogP contribution in [0.1, 0.15) is 27.3 Å². The molecule has 0 aromatic carbocycles. The van der Waals surface area contributed by atoms with Crippen molar-refractivity contribution in [3.63, 3.8) is 0 Å². The number of methoxy groups -OCH3 is 1. The average molecular weight is 388 g/mol. The highest BCUT2D eigenvalue weighted by Gasteiger charge is 2.23. The molecule has 0 spiro atoms. The van der Waals surface area contributed by atoms with E-state index in [2.05, 4.69) is 15.0 Å². The Bertz CT molecular complexity index is 1100. The molecule has 0 N–H and O–H groups in total. The molecule has 0 fully saturated rings. The van der Waals surface area contributed by atoms with Gasteiger partial charge in [0.25, 0.3) is 5.56 Å². The molecule has 0 bridgehead atoms. The fourth-order valence-electron chi connectivity index (χ4n) is 3.32. The minimum absolute atomic E-state index is 0.164. The van der Waals surface area contributed by atoms with Crippen molar-refractivity contribution in [3.8, 4) is 0 Å². The Kier molecular flexibility index (Phi) is 4.45. The molecule has 0 atom stereocenters. The van der Waals surface area contributed by atoms with Gasteiger partial charge in [0.15, 0.2) is 5.69 Å². The number of carbonyl (C=O) groups is 1. The first-order chi connectivity index (χ1) is 13.0. The minimum atomic E-state index is -0.459. The maximum absolute atomic E-state index is 12.9. The van der Waals surface area contributed by atoms with E-state index in [-0.39, 0.29) is 16.4 Å². The van der Waals surface area contributed by atoms with Crippen LogP contribution < -0.4 is 5.56 Å². The van der Waals surface area contributed by atoms with Crippen molar-refractivity contribution in [2.45, 2.75) is 26.6 Å². The molecule has 1 aliphatic heterocycles. The van der Waals surface area contributed by atoms with Crippen molar-refractivity contribution in [1.29, 1.82) is 0 Å². The molecular weight excluding hydrogens is 370 g/mol. The highest BCUT2D eigenvalue weighted by molar-refractivity contribution is 6.30. The third-order valence-electron chi connectivity index (χ3n) is 4.75. The number of pyridine rings is 1. The summed E-state index contributed by atoms with van der Waals surface area (Å²) in [5.41, 5.74) is 2.93. The molecular formula is C18H18ClN5O3. The number of rotatable bonds is 3. The van der Waals surface area contributed by atoms with Crippen molar-refractivity contribution in [2.75, 3.05) is 13.7 Å². The van der Waals surface area contributed by atoms with Crippen LogP contribution >= 0.6 is 11.6 Å². The Morgan fingerprint density at radius 3 is 2.96 bits per heavy atom. The van der Waals surface area contributed by atoms with Crippen molar-refractivity contribution in [2.24, 2.45) is 0 Å². The van der Waals surface area contributed by atoms with Gasteiger partial charge in [-0.3, -0.25) is 18.8 Å². The molecule has 0 radical (unpaired) electrons. The lowest BCUT2D eigenvalue weighted by atomic mass is 10.2. The Morgan fingerprint density at radius 2 is 2.19 bits per heavy atom. The molecule has 0 saturated carbocycles. The molecule has 9 heteroatoms. The summed E-state index contributed by atoms with van der Waals surface area (Å²) in [5.74, 6) is -0.459. The van der Waals surface area contributed by atoms with Crippen molar-refractivity contribution in [1.82, 2.24) is 24.1 Å². The third kappa shape index (κ3) is 3.11. The Labute approximate surface area is 159 Å². The van der Waals surface area contributed by atoms with Gasteiger partial charge in [-0.2, -0.15) is 5.10 Å². The number of esters is 1. The highest BCUT2D eigenvalue weighted by Crippen LogP contribution is 2.19. The van der Waals surface area contributed by atoms with Gasteiger partial charge in [0, 0.05) is 25.8 Å². The van der Waals surface area contributed by atoms with Gasteiger partial charge in [-0.05, 0) is 24.6 Å². The van der Waals surface area contributed by atoms with Gasteiger partial charge in [0.05, 0.1) is 24.9 Å². The molecule has 4 heterocycles. The number of hydrogen-bond acceptors (Lipinski definition) is 6. The zero-order valence-electron chi connectivity index (χ0n) is 15.0. The van der Waals surface area contributed by atoms with E-state index in [4.69, 9.17) is 16.3 Å². The van der Waals surface area contributed by atoms with Crippen LogP contribution in [0.4, 0.5) is 0 Å². The molecule has 0 amide bonds. The third-order valence-corrected chi connectivity index (χ3v) is 5.06. The van der Waals surface area contributed by atoms with Gasteiger partial charge in [-0.1, -0.05) is 17.7 Å². The molecule has 0 saturated heterocycles. The van der Waals surface area contributed by atoms with Gasteiger partial charge in [0.2, 0.25) is 0 Å². The number of aryl methyl sites for hydroxylation is 1. The first kappa shape index (κ1) is 17.7. The van der Waals surface area contributed by atoms with E-state index in [1.54, 1.807) is 16.9 Å². The molecule has 140 valence electrons. The number of ether oxygens (including phenoxy) is 1. The summed E-state index contributed by atoms with van der Waals surface area (Å²) in [6.07, 6.45) is 1.70. The SMILES string of the molecule is COC(=O)c1cc2n(n1)CCN(Cc1c(Cl)nc3c(C)cccn3c1=O)C2. The summed E-state index contributed by atoms with van der Waals surface area (Å²) in [5, 5.41) is 4.49. The van der Waals surface area contributed by atoms with Gasteiger partial charge >= 0.3 is 5.97 Å². The quantitative estimate of drug-likeness (QED) is 0.502. The number of halogens is 1. The largest absolute Gasteiger partial charge is 0.464 e. The molecule has 8 nitrogen and oxygen atoms in total. The lowest BCUT2D eigenvalue weighted by Crippen LogP contribution is -2.35. The van der Waals surface area contributed by atoms with Gasteiger partial charge in [-0.15, -0.1) is 0 Å². The van der Waals surface area contributed by atoms with Crippen LogP contribution in [0.5, 0.6) is 0 Å². The summed E-state index contributed by atoms with van der Waals surface area (Å²) < 4.78 is 8.04. The van der Waals surface area contributed by atoms with Crippen LogP contribution in [-0.2, 0) is 24.4 Å². The Morgan fingerprint density at radius 1 is 1.37 bits per heavy atom. The molecule has 27 heavy (non-hydrogen) atoms. The van der Waals surface area contributed by atoms with E-state index in [9.17, 15) is 9.59 Å². The van der Waals surface area contributed by atoms with E-state index >= 15 is 0 Å². The number of fused-ring (bicyclic) bond motifs is 2. The van der Waals surface area contributed by atoms with Crippen LogP contribution in [-0.4, -0.2) is 43.7 Å². The molecule has 3 aromatic heterocycles. The van der Waals surface area contributed by atoms with E-state index < -0.39 is 5.97 Å². The van der Waals surface area contributed by atoms with Crippen molar-refractivity contribution >= 4 is 23.2 Å². The molecule has 3 aromatic rings. The topological polar surface area (TPSA) is 81.7 Å². The van der Waals surface area contributed by atoms with Gasteiger partial charge in [0.1, 0.15) is 10.8 Å². The zero-order valence-corrected chi connectivity index (χ0v) is 15.7. The maximum Gasteiger partial charge on any atom is 0.358 e. The zero-order chi connectivity index (χ0) is 19.1. The molecule has 4 rings (SSSR count). The van der Waals surface area contributed by atoms with Crippen LogP contribution in [0.25, 0.3) is 5.65 Å². The fraction of sp³-hybridized carbons (Fsp3) is 0.333. The van der Waals surface area contributed by atoms with Gasteiger partial charge in [-0.25, -0.2) is 9.78 Å². The second-order valence-corrected chi connectivity index (χ2v) is 6.88. The molecule has 0 aliphatic carbocycles. The summed E-state index contributed by atoms with van der Waals surface area (Å²) in [7, 11) is 1.33. The minimum Gasteiger partial charge on any atom is -0.464 e. The predicted octanol–water partition coefficient (Wildman–Crippen LogP) is 1.66. The standard InChI is InChI=1S/C18H18ClN5O3/c1-11-4-3-5-23-16(11)20-15(19)13(17(23)25)10-22-6-7-24-12(9-22)8-14(21-24)18(26)27-2/h3-5,8H,6-7,9-10H2,1-2H3. The van der Waals surface area contributed by atoms with Crippen LogP contribution in [0.15, 0.2) is 29.2 Å². The number of aromatic nitrogens is 4. The first-order valence-corrected chi connectivity index (χ1v) is 8.89. The lowest BCUT2D eigenvalue weighted by Gasteiger charge is -2.27. The number of hydrogen-bond donors (Lipinski definition) is 0. The lowest BCUT2D eigenvalue weighted by molar-refractivity contribution is 0.0593. The Hall–Kier alpha value is -2.71. The van der Waals surface area contributed by atoms with Crippen LogP contribution in [0.2, 0.25) is 5.15 Å². The summed E-state index contributed by atoms with van der Waals surface area (Å²) >= 11 is 6.33. The second-order valence-electron chi connectivity index (χ2n) is 6.52. The van der Waals surface area contributed by atoms with Crippen molar-refractivity contribution in [3.05, 3.63) is 62.4 Å². The van der Waals surface area contributed by atoms with E-state index in [1.807, 2.05) is 19.1 Å². The van der Waals surface area contributed by atoms with Gasteiger partial charge < -0.3 is 4.74 Å². The maximum atomic E-state index is 12.9. The summed E-state index contributed by atoms with van der Waals surface area (Å²) in [4.78, 5) is 31.0. The predicted molar refractivity (Wildman–Crippen MR) is 98.9 cm³/mol. The van der Waals surface area contributed by atoms with E-state index in [0.717, 1.165) is 11.3 Å². The van der Waals surface area contributed by atoms with E-state index in [1.165, 1.54) is 11.5 Å². The average Bonchev–Trinajstić information content (AvgIpc) is 3.09.